The zero-order valence-electron chi connectivity index (χ0n) is 9.38. The van der Waals surface area contributed by atoms with Gasteiger partial charge in [-0.15, -0.1) is 0 Å². The molecule has 1 atom stereocenters. The molecule has 0 bridgehead atoms. The highest BCUT2D eigenvalue weighted by Crippen LogP contribution is 2.38. The van der Waals surface area contributed by atoms with Crippen molar-refractivity contribution in [1.82, 2.24) is 5.32 Å². The van der Waals surface area contributed by atoms with Crippen molar-refractivity contribution in [2.24, 2.45) is 0 Å². The van der Waals surface area contributed by atoms with Gasteiger partial charge in [-0.25, -0.2) is 18.0 Å². The van der Waals surface area contributed by atoms with Crippen molar-refractivity contribution in [3.05, 3.63) is 29.6 Å². The molecule has 1 aliphatic heterocycles. The Morgan fingerprint density at radius 1 is 1.50 bits per heavy atom. The Kier molecular flexibility index (Phi) is 3.06. The maximum absolute atomic E-state index is 13.7. The number of methoxy groups -OCH3 is 1. The zero-order chi connectivity index (χ0) is 13.3. The molecule has 1 N–H and O–H groups in total. The van der Waals surface area contributed by atoms with Gasteiger partial charge < -0.3 is 14.8 Å². The summed E-state index contributed by atoms with van der Waals surface area (Å²) < 4.78 is 49.6. The minimum atomic E-state index is -3.34. The number of benzene rings is 1. The number of cyclic esters (lactones) is 1. The van der Waals surface area contributed by atoms with E-state index in [4.69, 9.17) is 4.74 Å². The Balaban J connectivity index is 2.45. The first kappa shape index (κ1) is 12.5. The number of carbonyl (C=O) groups is 1. The molecule has 0 unspecified atom stereocenters. The average molecular weight is 261 g/mol. The molecule has 18 heavy (non-hydrogen) atoms. The van der Waals surface area contributed by atoms with Crippen molar-refractivity contribution in [1.29, 1.82) is 0 Å². The summed E-state index contributed by atoms with van der Waals surface area (Å²) in [5.74, 6) is -3.96. The van der Waals surface area contributed by atoms with Crippen LogP contribution < -0.4 is 10.1 Å². The van der Waals surface area contributed by atoms with Crippen LogP contribution in [0.3, 0.4) is 0 Å². The van der Waals surface area contributed by atoms with Crippen molar-refractivity contribution in [3.63, 3.8) is 0 Å². The van der Waals surface area contributed by atoms with Gasteiger partial charge in [-0.2, -0.15) is 0 Å². The summed E-state index contributed by atoms with van der Waals surface area (Å²) in [5, 5.41) is 1.97. The van der Waals surface area contributed by atoms with Crippen LogP contribution in [0.15, 0.2) is 18.2 Å². The fraction of sp³-hybridized carbons (Fsp3) is 0.364. The van der Waals surface area contributed by atoms with Gasteiger partial charge in [-0.3, -0.25) is 0 Å². The van der Waals surface area contributed by atoms with Crippen LogP contribution in [0.2, 0.25) is 0 Å². The van der Waals surface area contributed by atoms with Crippen LogP contribution in [-0.4, -0.2) is 25.7 Å². The van der Waals surface area contributed by atoms with E-state index in [-0.39, 0.29) is 11.3 Å². The second-order valence-electron chi connectivity index (χ2n) is 3.80. The largest absolute Gasteiger partial charge is 0.496 e. The molecule has 0 aliphatic carbocycles. The normalized spacial score (nSPS) is 22.0. The molecule has 2 rings (SSSR count). The van der Waals surface area contributed by atoms with Gasteiger partial charge >= 0.3 is 12.0 Å². The molecule has 0 radical (unpaired) electrons. The quantitative estimate of drug-likeness (QED) is 0.888. The Morgan fingerprint density at radius 3 is 2.89 bits per heavy atom. The molecule has 1 heterocycles. The molecule has 1 saturated heterocycles. The lowest BCUT2D eigenvalue weighted by Gasteiger charge is -2.32. The molecule has 1 aromatic carbocycles. The predicted molar refractivity (Wildman–Crippen MR) is 55.1 cm³/mol. The molecule has 1 fully saturated rings. The van der Waals surface area contributed by atoms with E-state index in [0.717, 1.165) is 12.1 Å². The molecule has 1 amide bonds. The van der Waals surface area contributed by atoms with Gasteiger partial charge in [-0.1, -0.05) is 0 Å². The van der Waals surface area contributed by atoms with Gasteiger partial charge in [0.1, 0.15) is 17.6 Å². The SMILES string of the molecule is COc1ccc(F)cc1[C@@H]1NC(=O)OCC1(F)F. The smallest absolute Gasteiger partial charge is 0.408 e. The van der Waals surface area contributed by atoms with Crippen LogP contribution in [-0.2, 0) is 4.74 Å². The van der Waals surface area contributed by atoms with Crippen molar-refractivity contribution < 1.29 is 27.4 Å². The predicted octanol–water partition coefficient (Wildman–Crippen LogP) is 2.25. The van der Waals surface area contributed by atoms with Crippen molar-refractivity contribution >= 4 is 6.09 Å². The third-order valence-corrected chi connectivity index (χ3v) is 2.58. The van der Waals surface area contributed by atoms with Gasteiger partial charge in [0.05, 0.1) is 7.11 Å². The molecular weight excluding hydrogens is 251 g/mol. The van der Waals surface area contributed by atoms with E-state index in [9.17, 15) is 18.0 Å². The first-order chi connectivity index (χ1) is 8.44. The standard InChI is InChI=1S/C11H10F3NO3/c1-17-8-3-2-6(12)4-7(8)9-11(13,14)5-18-10(16)15-9/h2-4,9H,5H2,1H3,(H,15,16)/t9-/m0/s1. The highest BCUT2D eigenvalue weighted by molar-refractivity contribution is 5.69. The van der Waals surface area contributed by atoms with Crippen LogP contribution in [0.1, 0.15) is 11.6 Å². The Morgan fingerprint density at radius 2 is 2.22 bits per heavy atom. The second kappa shape index (κ2) is 4.40. The maximum Gasteiger partial charge on any atom is 0.408 e. The first-order valence-corrected chi connectivity index (χ1v) is 5.08. The average Bonchev–Trinajstić information content (AvgIpc) is 2.32. The molecule has 7 heteroatoms. The Hall–Kier alpha value is -1.92. The monoisotopic (exact) mass is 261 g/mol. The number of ether oxygens (including phenoxy) is 2. The number of alkyl carbamates (subject to hydrolysis) is 1. The molecule has 4 nitrogen and oxygen atoms in total. The van der Waals surface area contributed by atoms with Crippen molar-refractivity contribution in [3.8, 4) is 5.75 Å². The molecule has 0 saturated carbocycles. The second-order valence-corrected chi connectivity index (χ2v) is 3.80. The minimum Gasteiger partial charge on any atom is -0.496 e. The Bertz CT molecular complexity index is 479. The van der Waals surface area contributed by atoms with Crippen LogP contribution in [0.5, 0.6) is 5.75 Å². The summed E-state index contributed by atoms with van der Waals surface area (Å²) in [6, 6.07) is 1.54. The molecule has 0 aromatic heterocycles. The summed E-state index contributed by atoms with van der Waals surface area (Å²) >= 11 is 0. The van der Waals surface area contributed by atoms with Crippen LogP contribution >= 0.6 is 0 Å². The zero-order valence-corrected chi connectivity index (χ0v) is 9.38. The fourth-order valence-corrected chi connectivity index (χ4v) is 1.75. The lowest BCUT2D eigenvalue weighted by molar-refractivity contribution is -0.104. The lowest BCUT2D eigenvalue weighted by Crippen LogP contribution is -2.49. The van der Waals surface area contributed by atoms with Crippen LogP contribution in [0, 0.1) is 5.82 Å². The molecule has 1 aromatic rings. The summed E-state index contributed by atoms with van der Waals surface area (Å²) in [4.78, 5) is 11.0. The third-order valence-electron chi connectivity index (χ3n) is 2.58. The molecule has 0 spiro atoms. The van der Waals surface area contributed by atoms with Gasteiger partial charge in [0.15, 0.2) is 6.61 Å². The van der Waals surface area contributed by atoms with Gasteiger partial charge in [0.2, 0.25) is 0 Å². The summed E-state index contributed by atoms with van der Waals surface area (Å²) in [6.45, 7) is -1.05. The van der Waals surface area contributed by atoms with Crippen molar-refractivity contribution in [2.45, 2.75) is 12.0 Å². The number of amides is 1. The van der Waals surface area contributed by atoms with E-state index in [0.29, 0.717) is 0 Å². The van der Waals surface area contributed by atoms with E-state index in [1.165, 1.54) is 13.2 Å². The minimum absolute atomic E-state index is 0.0725. The van der Waals surface area contributed by atoms with Gasteiger partial charge in [0.25, 0.3) is 0 Å². The number of hydrogen-bond donors (Lipinski definition) is 1. The number of rotatable bonds is 2. The first-order valence-electron chi connectivity index (χ1n) is 5.08. The van der Waals surface area contributed by atoms with Crippen LogP contribution in [0.25, 0.3) is 0 Å². The number of carbonyl (C=O) groups excluding carboxylic acids is 1. The molecular formula is C11H10F3NO3. The van der Waals surface area contributed by atoms with E-state index in [1.807, 2.05) is 5.32 Å². The van der Waals surface area contributed by atoms with E-state index in [1.54, 1.807) is 0 Å². The van der Waals surface area contributed by atoms with E-state index >= 15 is 0 Å². The van der Waals surface area contributed by atoms with E-state index < -0.39 is 30.5 Å². The summed E-state index contributed by atoms with van der Waals surface area (Å²) in [5.41, 5.74) is -0.126. The molecule has 1 aliphatic rings. The van der Waals surface area contributed by atoms with E-state index in [2.05, 4.69) is 4.74 Å². The number of alkyl halides is 2. The lowest BCUT2D eigenvalue weighted by atomic mass is 9.99. The topological polar surface area (TPSA) is 47.6 Å². The fourth-order valence-electron chi connectivity index (χ4n) is 1.75. The number of hydrogen-bond acceptors (Lipinski definition) is 3. The summed E-state index contributed by atoms with van der Waals surface area (Å²) in [7, 11) is 1.27. The number of halogens is 3. The highest BCUT2D eigenvalue weighted by atomic mass is 19.3. The van der Waals surface area contributed by atoms with Crippen molar-refractivity contribution in [2.75, 3.05) is 13.7 Å². The summed E-state index contributed by atoms with van der Waals surface area (Å²) in [6.07, 6.45) is -0.975. The molecule has 98 valence electrons. The Labute approximate surface area is 101 Å². The third kappa shape index (κ3) is 2.20. The number of nitrogens with one attached hydrogen (secondary N) is 1. The van der Waals surface area contributed by atoms with Gasteiger partial charge in [-0.05, 0) is 18.2 Å². The van der Waals surface area contributed by atoms with Gasteiger partial charge in [0, 0.05) is 5.56 Å². The highest BCUT2D eigenvalue weighted by Gasteiger charge is 2.48. The van der Waals surface area contributed by atoms with Crippen LogP contribution in [0.4, 0.5) is 18.0 Å². The maximum atomic E-state index is 13.7.